The zero-order valence-corrected chi connectivity index (χ0v) is 14.8. The largest absolute Gasteiger partial charge is 0.371 e. The first-order chi connectivity index (χ1) is 11.7. The minimum atomic E-state index is 0.249. The molecule has 0 saturated carbocycles. The van der Waals surface area contributed by atoms with Crippen LogP contribution in [0.1, 0.15) is 39.0 Å². The van der Waals surface area contributed by atoms with E-state index in [1.807, 2.05) is 0 Å². The van der Waals surface area contributed by atoms with Crippen LogP contribution in [0.2, 0.25) is 0 Å². The van der Waals surface area contributed by atoms with Gasteiger partial charge in [0.05, 0.1) is 0 Å². The summed E-state index contributed by atoms with van der Waals surface area (Å²) >= 11 is 0. The number of anilines is 1. The minimum absolute atomic E-state index is 0.249. The fourth-order valence-electron chi connectivity index (χ4n) is 4.08. The van der Waals surface area contributed by atoms with Gasteiger partial charge in [0.25, 0.3) is 0 Å². The van der Waals surface area contributed by atoms with Crippen LogP contribution < -0.4 is 15.5 Å². The van der Waals surface area contributed by atoms with Crippen molar-refractivity contribution in [3.63, 3.8) is 0 Å². The normalized spacial score (nSPS) is 21.5. The summed E-state index contributed by atoms with van der Waals surface area (Å²) in [7, 11) is 0. The predicted octanol–water partition coefficient (Wildman–Crippen LogP) is 2.80. The number of nitrogens with one attached hydrogen (secondary N) is 2. The third kappa shape index (κ3) is 4.73. The average molecular weight is 329 g/mol. The molecule has 2 aliphatic heterocycles. The molecule has 4 nitrogen and oxygen atoms in total. The van der Waals surface area contributed by atoms with Crippen molar-refractivity contribution in [1.29, 1.82) is 0 Å². The van der Waals surface area contributed by atoms with E-state index in [0.29, 0.717) is 24.3 Å². The molecule has 0 aromatic heterocycles. The van der Waals surface area contributed by atoms with Gasteiger partial charge in [0, 0.05) is 31.2 Å². The van der Waals surface area contributed by atoms with E-state index in [2.05, 4.69) is 52.8 Å². The zero-order chi connectivity index (χ0) is 16.8. The van der Waals surface area contributed by atoms with Crippen LogP contribution in [0.15, 0.2) is 30.3 Å². The monoisotopic (exact) mass is 329 g/mol. The Labute approximate surface area is 146 Å². The SMILES string of the molecule is CC(CC(=O)NC1CCN(c2ccccc2)CC1)C1CCNCC1. The third-order valence-corrected chi connectivity index (χ3v) is 5.68. The molecule has 2 saturated heterocycles. The number of benzene rings is 1. The van der Waals surface area contributed by atoms with E-state index in [-0.39, 0.29) is 5.91 Å². The van der Waals surface area contributed by atoms with Gasteiger partial charge in [-0.2, -0.15) is 0 Å². The molecule has 2 fully saturated rings. The van der Waals surface area contributed by atoms with Crippen molar-refractivity contribution in [3.05, 3.63) is 30.3 Å². The van der Waals surface area contributed by atoms with Crippen molar-refractivity contribution in [3.8, 4) is 0 Å². The molecule has 2 N–H and O–H groups in total. The Hall–Kier alpha value is -1.55. The molecule has 4 heteroatoms. The van der Waals surface area contributed by atoms with Gasteiger partial charge in [-0.3, -0.25) is 4.79 Å². The molecule has 0 bridgehead atoms. The molecule has 2 aliphatic rings. The van der Waals surface area contributed by atoms with Crippen LogP contribution in [0.5, 0.6) is 0 Å². The highest BCUT2D eigenvalue weighted by Crippen LogP contribution is 2.24. The first-order valence-corrected chi connectivity index (χ1v) is 9.52. The third-order valence-electron chi connectivity index (χ3n) is 5.68. The quantitative estimate of drug-likeness (QED) is 0.873. The number of para-hydroxylation sites is 1. The van der Waals surface area contributed by atoms with Gasteiger partial charge in [-0.15, -0.1) is 0 Å². The number of carbonyl (C=O) groups is 1. The Morgan fingerprint density at radius 2 is 1.83 bits per heavy atom. The summed E-state index contributed by atoms with van der Waals surface area (Å²) in [6.45, 7) is 6.51. The number of hydrogen-bond acceptors (Lipinski definition) is 3. The smallest absolute Gasteiger partial charge is 0.220 e. The number of amides is 1. The van der Waals surface area contributed by atoms with Gasteiger partial charge in [0.2, 0.25) is 5.91 Å². The molecular formula is C20H31N3O. The van der Waals surface area contributed by atoms with Crippen LogP contribution in [0.25, 0.3) is 0 Å². The molecule has 1 amide bonds. The van der Waals surface area contributed by atoms with Crippen molar-refractivity contribution in [2.45, 2.75) is 45.1 Å². The van der Waals surface area contributed by atoms with Gasteiger partial charge in [-0.25, -0.2) is 0 Å². The van der Waals surface area contributed by atoms with Gasteiger partial charge in [-0.05, 0) is 62.7 Å². The molecule has 1 aromatic carbocycles. The van der Waals surface area contributed by atoms with E-state index in [4.69, 9.17) is 0 Å². The van der Waals surface area contributed by atoms with Gasteiger partial charge in [-0.1, -0.05) is 25.1 Å². The van der Waals surface area contributed by atoms with E-state index in [0.717, 1.165) is 39.0 Å². The van der Waals surface area contributed by atoms with Crippen molar-refractivity contribution in [2.75, 3.05) is 31.1 Å². The molecule has 1 aromatic rings. The summed E-state index contributed by atoms with van der Waals surface area (Å²) in [5, 5.41) is 6.68. The zero-order valence-electron chi connectivity index (χ0n) is 14.8. The molecule has 0 radical (unpaired) electrons. The molecule has 0 aliphatic carbocycles. The summed E-state index contributed by atoms with van der Waals surface area (Å²) in [6, 6.07) is 10.9. The lowest BCUT2D eigenvalue weighted by Gasteiger charge is -2.34. The van der Waals surface area contributed by atoms with Crippen LogP contribution in [-0.2, 0) is 4.79 Å². The van der Waals surface area contributed by atoms with Crippen LogP contribution in [0, 0.1) is 11.8 Å². The Balaban J connectivity index is 1.40. The molecular weight excluding hydrogens is 298 g/mol. The summed E-state index contributed by atoms with van der Waals surface area (Å²) in [5.74, 6) is 1.45. The van der Waals surface area contributed by atoms with Gasteiger partial charge >= 0.3 is 0 Å². The molecule has 2 heterocycles. The maximum Gasteiger partial charge on any atom is 0.220 e. The molecule has 24 heavy (non-hydrogen) atoms. The summed E-state index contributed by atoms with van der Waals surface area (Å²) in [6.07, 6.45) is 5.20. The fraction of sp³-hybridized carbons (Fsp3) is 0.650. The number of rotatable bonds is 5. The summed E-state index contributed by atoms with van der Waals surface area (Å²) in [4.78, 5) is 14.8. The molecule has 3 rings (SSSR count). The second-order valence-electron chi connectivity index (χ2n) is 7.43. The minimum Gasteiger partial charge on any atom is -0.371 e. The topological polar surface area (TPSA) is 44.4 Å². The second-order valence-corrected chi connectivity index (χ2v) is 7.43. The number of hydrogen-bond donors (Lipinski definition) is 2. The van der Waals surface area contributed by atoms with E-state index in [9.17, 15) is 4.79 Å². The van der Waals surface area contributed by atoms with E-state index < -0.39 is 0 Å². The fourth-order valence-corrected chi connectivity index (χ4v) is 4.08. The van der Waals surface area contributed by atoms with Crippen molar-refractivity contribution in [1.82, 2.24) is 10.6 Å². The summed E-state index contributed by atoms with van der Waals surface area (Å²) < 4.78 is 0. The maximum atomic E-state index is 12.4. The highest BCUT2D eigenvalue weighted by molar-refractivity contribution is 5.76. The first-order valence-electron chi connectivity index (χ1n) is 9.52. The Morgan fingerprint density at radius 3 is 2.50 bits per heavy atom. The van der Waals surface area contributed by atoms with Crippen LogP contribution in [0.3, 0.4) is 0 Å². The van der Waals surface area contributed by atoms with Crippen molar-refractivity contribution in [2.24, 2.45) is 11.8 Å². The molecule has 1 atom stereocenters. The highest BCUT2D eigenvalue weighted by atomic mass is 16.1. The average Bonchev–Trinajstić information content (AvgIpc) is 2.64. The Bertz CT molecular complexity index is 505. The van der Waals surface area contributed by atoms with Gasteiger partial charge in [0.15, 0.2) is 0 Å². The standard InChI is InChI=1S/C20H31N3O/c1-16(17-7-11-21-12-8-17)15-20(24)22-18-9-13-23(14-10-18)19-5-3-2-4-6-19/h2-6,16-18,21H,7-15H2,1H3,(H,22,24). The lowest BCUT2D eigenvalue weighted by molar-refractivity contribution is -0.123. The van der Waals surface area contributed by atoms with Crippen LogP contribution in [0.4, 0.5) is 5.69 Å². The van der Waals surface area contributed by atoms with Crippen molar-refractivity contribution >= 4 is 11.6 Å². The number of nitrogens with zero attached hydrogens (tertiary/aromatic N) is 1. The lowest BCUT2D eigenvalue weighted by Crippen LogP contribution is -2.45. The first kappa shape index (κ1) is 17.3. The highest BCUT2D eigenvalue weighted by Gasteiger charge is 2.24. The molecule has 0 spiro atoms. The van der Waals surface area contributed by atoms with E-state index >= 15 is 0 Å². The van der Waals surface area contributed by atoms with Crippen molar-refractivity contribution < 1.29 is 4.79 Å². The van der Waals surface area contributed by atoms with Crippen LogP contribution in [-0.4, -0.2) is 38.1 Å². The van der Waals surface area contributed by atoms with Gasteiger partial charge < -0.3 is 15.5 Å². The maximum absolute atomic E-state index is 12.4. The van der Waals surface area contributed by atoms with Crippen LogP contribution >= 0.6 is 0 Å². The second kappa shape index (κ2) is 8.52. The lowest BCUT2D eigenvalue weighted by atomic mass is 9.84. The van der Waals surface area contributed by atoms with E-state index in [1.54, 1.807) is 0 Å². The predicted molar refractivity (Wildman–Crippen MR) is 99.2 cm³/mol. The Morgan fingerprint density at radius 1 is 1.17 bits per heavy atom. The van der Waals surface area contributed by atoms with Gasteiger partial charge in [0.1, 0.15) is 0 Å². The molecule has 1 unspecified atom stereocenters. The Kier molecular flexibility index (Phi) is 6.13. The van der Waals surface area contributed by atoms with E-state index in [1.165, 1.54) is 18.5 Å². The number of piperidine rings is 2. The number of carbonyl (C=O) groups excluding carboxylic acids is 1. The molecule has 132 valence electrons. The summed E-state index contributed by atoms with van der Waals surface area (Å²) in [5.41, 5.74) is 1.29.